The number of nitrogens with zero attached hydrogens (tertiary/aromatic N) is 2. The highest BCUT2D eigenvalue weighted by Gasteiger charge is 2.38. The van der Waals surface area contributed by atoms with Crippen LogP contribution >= 0.6 is 11.7 Å². The minimum absolute atomic E-state index is 0.312. The number of hydrogen-bond acceptors (Lipinski definition) is 5. The zero-order valence-electron chi connectivity index (χ0n) is 13.8. The van der Waals surface area contributed by atoms with Crippen molar-refractivity contribution in [3.8, 4) is 16.9 Å². The summed E-state index contributed by atoms with van der Waals surface area (Å²) in [5.41, 5.74) is 4.32. The summed E-state index contributed by atoms with van der Waals surface area (Å²) in [6, 6.07) is 11.5. The normalized spacial score (nSPS) is 18.4. The molecule has 128 valence electrons. The second-order valence-electron chi connectivity index (χ2n) is 6.88. The Labute approximate surface area is 148 Å². The van der Waals surface area contributed by atoms with Gasteiger partial charge in [0.05, 0.1) is 24.4 Å². The lowest BCUT2D eigenvalue weighted by molar-refractivity contribution is 0.0996. The second kappa shape index (κ2) is 5.70. The van der Waals surface area contributed by atoms with Gasteiger partial charge in [0.15, 0.2) is 0 Å². The van der Waals surface area contributed by atoms with Gasteiger partial charge in [0.25, 0.3) is 0 Å². The van der Waals surface area contributed by atoms with Crippen molar-refractivity contribution < 1.29 is 14.6 Å². The number of carbonyl (C=O) groups is 1. The smallest absolute Gasteiger partial charge is 0.405 e. The van der Waals surface area contributed by atoms with Crippen molar-refractivity contribution in [2.75, 3.05) is 6.61 Å². The van der Waals surface area contributed by atoms with Crippen LogP contribution in [0.1, 0.15) is 25.5 Å². The Morgan fingerprint density at radius 1 is 1.20 bits per heavy atom. The van der Waals surface area contributed by atoms with Gasteiger partial charge in [0.1, 0.15) is 16.8 Å². The van der Waals surface area contributed by atoms with Crippen molar-refractivity contribution in [2.24, 2.45) is 5.41 Å². The summed E-state index contributed by atoms with van der Waals surface area (Å²) < 4.78 is 14.4. The number of amides is 1. The van der Waals surface area contributed by atoms with Crippen LogP contribution in [0.2, 0.25) is 0 Å². The Morgan fingerprint density at radius 3 is 2.72 bits per heavy atom. The standard InChI is InChI=1S/C18H17N3O3S/c1-18(2)9-24-15-8-11(3-5-12(15)16(18)19-17(22)23)10-4-6-13-14(7-10)21-25-20-13/h3-8,16,19H,9H2,1-2H3,(H,22,23). The molecule has 25 heavy (non-hydrogen) atoms. The van der Waals surface area contributed by atoms with Gasteiger partial charge >= 0.3 is 6.09 Å². The molecule has 1 unspecified atom stereocenters. The number of fused-ring (bicyclic) bond motifs is 2. The fourth-order valence-corrected chi connectivity index (χ4v) is 3.72. The molecule has 1 aliphatic rings. The van der Waals surface area contributed by atoms with Crippen LogP contribution in [-0.4, -0.2) is 26.6 Å². The fourth-order valence-electron chi connectivity index (χ4n) is 3.20. The van der Waals surface area contributed by atoms with Crippen LogP contribution < -0.4 is 10.1 Å². The van der Waals surface area contributed by atoms with Gasteiger partial charge in [-0.3, -0.25) is 0 Å². The number of rotatable bonds is 2. The summed E-state index contributed by atoms with van der Waals surface area (Å²) in [5, 5.41) is 11.8. The number of benzene rings is 2. The molecule has 0 fully saturated rings. The lowest BCUT2D eigenvalue weighted by Crippen LogP contribution is -2.43. The Bertz CT molecular complexity index is 967. The maximum Gasteiger partial charge on any atom is 0.405 e. The summed E-state index contributed by atoms with van der Waals surface area (Å²) >= 11 is 1.20. The number of carboxylic acid groups (broad SMARTS) is 1. The molecule has 0 bridgehead atoms. The van der Waals surface area contributed by atoms with E-state index in [0.717, 1.165) is 27.7 Å². The molecule has 0 aliphatic carbocycles. The Morgan fingerprint density at radius 2 is 1.92 bits per heavy atom. The summed E-state index contributed by atoms with van der Waals surface area (Å²) in [7, 11) is 0. The predicted molar refractivity (Wildman–Crippen MR) is 96.0 cm³/mol. The highest BCUT2D eigenvalue weighted by molar-refractivity contribution is 7.00. The molecule has 0 saturated carbocycles. The van der Waals surface area contributed by atoms with E-state index in [-0.39, 0.29) is 11.5 Å². The van der Waals surface area contributed by atoms with Crippen molar-refractivity contribution in [3.63, 3.8) is 0 Å². The zero-order chi connectivity index (χ0) is 17.6. The quantitative estimate of drug-likeness (QED) is 0.723. The second-order valence-corrected chi connectivity index (χ2v) is 7.41. The molecule has 3 aromatic rings. The maximum absolute atomic E-state index is 11.2. The van der Waals surface area contributed by atoms with Crippen molar-refractivity contribution in [3.05, 3.63) is 42.0 Å². The lowest BCUT2D eigenvalue weighted by Gasteiger charge is -2.39. The van der Waals surface area contributed by atoms with E-state index >= 15 is 0 Å². The first-order chi connectivity index (χ1) is 11.9. The monoisotopic (exact) mass is 355 g/mol. The number of ether oxygens (including phenoxy) is 1. The molecule has 7 heteroatoms. The Balaban J connectivity index is 1.75. The first-order valence-electron chi connectivity index (χ1n) is 7.93. The van der Waals surface area contributed by atoms with Crippen LogP contribution in [0.25, 0.3) is 22.2 Å². The summed E-state index contributed by atoms with van der Waals surface area (Å²) in [5.74, 6) is 0.715. The third kappa shape index (κ3) is 2.80. The molecule has 2 aromatic carbocycles. The molecule has 1 atom stereocenters. The van der Waals surface area contributed by atoms with Crippen LogP contribution in [0.3, 0.4) is 0 Å². The Hall–Kier alpha value is -2.67. The van der Waals surface area contributed by atoms with E-state index in [9.17, 15) is 9.90 Å². The molecule has 0 radical (unpaired) electrons. The molecule has 2 N–H and O–H groups in total. The molecule has 0 spiro atoms. The first kappa shape index (κ1) is 15.8. The summed E-state index contributed by atoms with van der Waals surface area (Å²) in [4.78, 5) is 11.2. The van der Waals surface area contributed by atoms with Crippen LogP contribution in [0.5, 0.6) is 5.75 Å². The van der Waals surface area contributed by atoms with Crippen molar-refractivity contribution in [1.29, 1.82) is 0 Å². The number of hydrogen-bond donors (Lipinski definition) is 2. The van der Waals surface area contributed by atoms with E-state index in [1.54, 1.807) is 0 Å². The van der Waals surface area contributed by atoms with E-state index < -0.39 is 6.09 Å². The van der Waals surface area contributed by atoms with Gasteiger partial charge in [-0.2, -0.15) is 8.75 Å². The van der Waals surface area contributed by atoms with Crippen LogP contribution in [0.15, 0.2) is 36.4 Å². The number of aromatic nitrogens is 2. The maximum atomic E-state index is 11.2. The zero-order valence-corrected chi connectivity index (χ0v) is 14.6. The average molecular weight is 355 g/mol. The molecular weight excluding hydrogens is 338 g/mol. The minimum Gasteiger partial charge on any atom is -0.493 e. The molecular formula is C18H17N3O3S. The molecule has 1 aliphatic heterocycles. The largest absolute Gasteiger partial charge is 0.493 e. The van der Waals surface area contributed by atoms with Gasteiger partial charge in [-0.15, -0.1) is 0 Å². The first-order valence-corrected chi connectivity index (χ1v) is 8.66. The molecule has 1 amide bonds. The van der Waals surface area contributed by atoms with Gasteiger partial charge < -0.3 is 15.2 Å². The van der Waals surface area contributed by atoms with E-state index in [2.05, 4.69) is 14.1 Å². The predicted octanol–water partition coefficient (Wildman–Crippen LogP) is 4.09. The van der Waals surface area contributed by atoms with Crippen LogP contribution in [0.4, 0.5) is 4.79 Å². The fraction of sp³-hybridized carbons (Fsp3) is 0.278. The third-order valence-electron chi connectivity index (χ3n) is 4.56. The third-order valence-corrected chi connectivity index (χ3v) is 5.12. The summed E-state index contributed by atoms with van der Waals surface area (Å²) in [6.07, 6.45) is -1.03. The highest BCUT2D eigenvalue weighted by atomic mass is 32.1. The van der Waals surface area contributed by atoms with Crippen molar-refractivity contribution in [1.82, 2.24) is 14.1 Å². The lowest BCUT2D eigenvalue weighted by atomic mass is 9.78. The molecule has 4 rings (SSSR count). The van der Waals surface area contributed by atoms with Crippen LogP contribution in [0, 0.1) is 5.41 Å². The molecule has 0 saturated heterocycles. The van der Waals surface area contributed by atoms with Crippen molar-refractivity contribution in [2.45, 2.75) is 19.9 Å². The molecule has 2 heterocycles. The van der Waals surface area contributed by atoms with Gasteiger partial charge in [-0.1, -0.05) is 32.0 Å². The highest BCUT2D eigenvalue weighted by Crippen LogP contribution is 2.44. The van der Waals surface area contributed by atoms with Crippen molar-refractivity contribution >= 4 is 28.9 Å². The van der Waals surface area contributed by atoms with Gasteiger partial charge in [-0.25, -0.2) is 4.79 Å². The Kier molecular flexibility index (Phi) is 3.61. The summed E-state index contributed by atoms with van der Waals surface area (Å²) in [6.45, 7) is 4.44. The minimum atomic E-state index is -1.03. The SMILES string of the molecule is CC1(C)COc2cc(-c3ccc4nsnc4c3)ccc2C1NC(=O)O. The van der Waals surface area contributed by atoms with Gasteiger partial charge in [0, 0.05) is 11.0 Å². The molecule has 1 aromatic heterocycles. The van der Waals surface area contributed by atoms with Crippen LogP contribution in [-0.2, 0) is 0 Å². The number of nitrogens with one attached hydrogen (secondary N) is 1. The van der Waals surface area contributed by atoms with Gasteiger partial charge in [0.2, 0.25) is 0 Å². The van der Waals surface area contributed by atoms with E-state index in [1.165, 1.54) is 11.7 Å². The molecule has 6 nitrogen and oxygen atoms in total. The van der Waals surface area contributed by atoms with Gasteiger partial charge in [-0.05, 0) is 29.3 Å². The topological polar surface area (TPSA) is 84.3 Å². The van der Waals surface area contributed by atoms with E-state index in [0.29, 0.717) is 12.4 Å². The average Bonchev–Trinajstić information content (AvgIpc) is 3.04. The van der Waals surface area contributed by atoms with E-state index in [1.807, 2.05) is 50.2 Å². The van der Waals surface area contributed by atoms with E-state index in [4.69, 9.17) is 4.74 Å².